The van der Waals surface area contributed by atoms with Crippen molar-refractivity contribution in [3.8, 4) is 0 Å². The number of thioether (sulfide) groups is 1. The van der Waals surface area contributed by atoms with Crippen molar-refractivity contribution in [3.05, 3.63) is 35.9 Å². The summed E-state index contributed by atoms with van der Waals surface area (Å²) in [5.74, 6) is 1.92. The second kappa shape index (κ2) is 10.2. The van der Waals surface area contributed by atoms with Gasteiger partial charge in [-0.2, -0.15) is 11.8 Å². The summed E-state index contributed by atoms with van der Waals surface area (Å²) in [6, 6.07) is 9.93. The molecular weight excluding hydrogens is 320 g/mol. The van der Waals surface area contributed by atoms with Gasteiger partial charge in [-0.1, -0.05) is 37.3 Å². The Morgan fingerprint density at radius 3 is 2.79 bits per heavy atom. The first-order valence-electron chi connectivity index (χ1n) is 8.68. The second-order valence-electron chi connectivity index (χ2n) is 5.78. The number of amides is 1. The monoisotopic (exact) mass is 348 g/mol. The van der Waals surface area contributed by atoms with Crippen LogP contribution >= 0.6 is 11.8 Å². The molecule has 1 fully saturated rings. The SMILES string of the molecule is CCNC(=NCC(=O)NCc1ccccc1)N1CCSC(CC)C1. The Hall–Kier alpha value is -1.69. The molecule has 24 heavy (non-hydrogen) atoms. The maximum absolute atomic E-state index is 12.1. The molecule has 6 heteroatoms. The van der Waals surface area contributed by atoms with Crippen LogP contribution in [0.2, 0.25) is 0 Å². The third-order valence-electron chi connectivity index (χ3n) is 3.93. The molecule has 1 amide bonds. The first-order valence-corrected chi connectivity index (χ1v) is 9.73. The Morgan fingerprint density at radius 1 is 1.29 bits per heavy atom. The van der Waals surface area contributed by atoms with Gasteiger partial charge in [0.05, 0.1) is 0 Å². The van der Waals surface area contributed by atoms with Crippen LogP contribution in [0, 0.1) is 0 Å². The molecule has 1 aliphatic rings. The number of rotatable bonds is 6. The molecule has 2 N–H and O–H groups in total. The molecule has 1 unspecified atom stereocenters. The average Bonchev–Trinajstić information content (AvgIpc) is 2.64. The van der Waals surface area contributed by atoms with Gasteiger partial charge in [-0.25, -0.2) is 4.99 Å². The van der Waals surface area contributed by atoms with E-state index in [0.29, 0.717) is 11.8 Å². The molecule has 0 spiro atoms. The standard InChI is InChI=1S/C18H28N4OS/c1-3-16-14-22(10-11-24-16)18(19-4-2)21-13-17(23)20-12-15-8-6-5-7-9-15/h5-9,16H,3-4,10-14H2,1-2H3,(H,19,21)(H,20,23). The summed E-state index contributed by atoms with van der Waals surface area (Å²) in [5.41, 5.74) is 1.10. The molecule has 0 bridgehead atoms. The van der Waals surface area contributed by atoms with Crippen molar-refractivity contribution < 1.29 is 4.79 Å². The highest BCUT2D eigenvalue weighted by Crippen LogP contribution is 2.20. The third kappa shape index (κ3) is 6.07. The predicted octanol–water partition coefficient (Wildman–Crippen LogP) is 2.10. The zero-order valence-electron chi connectivity index (χ0n) is 14.6. The molecule has 1 atom stereocenters. The quantitative estimate of drug-likeness (QED) is 0.611. The fraction of sp³-hybridized carbons (Fsp3) is 0.556. The molecular formula is C18H28N4OS. The molecule has 0 aromatic heterocycles. The van der Waals surface area contributed by atoms with Crippen LogP contribution in [0.25, 0.3) is 0 Å². The molecule has 132 valence electrons. The van der Waals surface area contributed by atoms with Crippen molar-refractivity contribution in [1.29, 1.82) is 0 Å². The van der Waals surface area contributed by atoms with Gasteiger partial charge in [0.1, 0.15) is 6.54 Å². The summed E-state index contributed by atoms with van der Waals surface area (Å²) >= 11 is 2.03. The maximum Gasteiger partial charge on any atom is 0.242 e. The molecule has 2 rings (SSSR count). The molecule has 1 heterocycles. The molecule has 1 aromatic rings. The van der Waals surface area contributed by atoms with E-state index in [1.807, 2.05) is 42.1 Å². The summed E-state index contributed by atoms with van der Waals surface area (Å²) < 4.78 is 0. The lowest BCUT2D eigenvalue weighted by atomic mass is 10.2. The minimum absolute atomic E-state index is 0.0484. The summed E-state index contributed by atoms with van der Waals surface area (Å²) in [6.45, 7) is 7.78. The van der Waals surface area contributed by atoms with E-state index in [0.717, 1.165) is 43.3 Å². The van der Waals surface area contributed by atoms with Crippen LogP contribution in [0.1, 0.15) is 25.8 Å². The molecule has 1 aliphatic heterocycles. The van der Waals surface area contributed by atoms with Gasteiger partial charge in [0.15, 0.2) is 5.96 Å². The molecule has 1 aromatic carbocycles. The van der Waals surface area contributed by atoms with Gasteiger partial charge in [-0.15, -0.1) is 0 Å². The topological polar surface area (TPSA) is 56.7 Å². The molecule has 5 nitrogen and oxygen atoms in total. The number of aliphatic imine (C=N–C) groups is 1. The van der Waals surface area contributed by atoms with Crippen LogP contribution in [0.4, 0.5) is 0 Å². The van der Waals surface area contributed by atoms with Gasteiger partial charge < -0.3 is 15.5 Å². The predicted molar refractivity (Wildman–Crippen MR) is 102 cm³/mol. The van der Waals surface area contributed by atoms with Crippen molar-refractivity contribution in [1.82, 2.24) is 15.5 Å². The Labute approximate surface area is 149 Å². The van der Waals surface area contributed by atoms with E-state index in [1.54, 1.807) is 0 Å². The Kier molecular flexibility index (Phi) is 7.95. The van der Waals surface area contributed by atoms with E-state index in [4.69, 9.17) is 0 Å². The maximum atomic E-state index is 12.1. The Morgan fingerprint density at radius 2 is 2.08 bits per heavy atom. The van der Waals surface area contributed by atoms with Gasteiger partial charge in [-0.3, -0.25) is 4.79 Å². The van der Waals surface area contributed by atoms with E-state index in [-0.39, 0.29) is 12.5 Å². The highest BCUT2D eigenvalue weighted by Gasteiger charge is 2.21. The number of nitrogens with zero attached hydrogens (tertiary/aromatic N) is 2. The highest BCUT2D eigenvalue weighted by atomic mass is 32.2. The van der Waals surface area contributed by atoms with Crippen molar-refractivity contribution in [2.45, 2.75) is 32.1 Å². The minimum Gasteiger partial charge on any atom is -0.357 e. The van der Waals surface area contributed by atoms with E-state index < -0.39 is 0 Å². The summed E-state index contributed by atoms with van der Waals surface area (Å²) in [4.78, 5) is 18.9. The fourth-order valence-electron chi connectivity index (χ4n) is 2.58. The Balaban J connectivity index is 1.86. The van der Waals surface area contributed by atoms with Crippen molar-refractivity contribution in [3.63, 3.8) is 0 Å². The second-order valence-corrected chi connectivity index (χ2v) is 7.19. The number of hydrogen-bond donors (Lipinski definition) is 2. The minimum atomic E-state index is -0.0484. The van der Waals surface area contributed by atoms with E-state index in [1.165, 1.54) is 0 Å². The number of hydrogen-bond acceptors (Lipinski definition) is 3. The van der Waals surface area contributed by atoms with Crippen molar-refractivity contribution in [2.75, 3.05) is 31.9 Å². The normalized spacial score (nSPS) is 18.3. The van der Waals surface area contributed by atoms with Gasteiger partial charge in [-0.05, 0) is 18.9 Å². The van der Waals surface area contributed by atoms with Crippen LogP contribution in [0.5, 0.6) is 0 Å². The summed E-state index contributed by atoms with van der Waals surface area (Å²) in [7, 11) is 0. The lowest BCUT2D eigenvalue weighted by Crippen LogP contribution is -2.48. The zero-order valence-corrected chi connectivity index (χ0v) is 15.4. The smallest absolute Gasteiger partial charge is 0.242 e. The lowest BCUT2D eigenvalue weighted by molar-refractivity contribution is -0.119. The number of guanidine groups is 1. The van der Waals surface area contributed by atoms with Gasteiger partial charge >= 0.3 is 0 Å². The molecule has 1 saturated heterocycles. The van der Waals surface area contributed by atoms with Crippen LogP contribution in [-0.2, 0) is 11.3 Å². The Bertz CT molecular complexity index is 535. The third-order valence-corrected chi connectivity index (χ3v) is 5.31. The number of carbonyl (C=O) groups is 1. The molecule has 0 saturated carbocycles. The van der Waals surface area contributed by atoms with Crippen LogP contribution in [0.15, 0.2) is 35.3 Å². The van der Waals surface area contributed by atoms with Gasteiger partial charge in [0.2, 0.25) is 5.91 Å². The van der Waals surface area contributed by atoms with Crippen molar-refractivity contribution >= 4 is 23.6 Å². The van der Waals surface area contributed by atoms with E-state index in [9.17, 15) is 4.79 Å². The van der Waals surface area contributed by atoms with Crippen LogP contribution in [-0.4, -0.2) is 53.9 Å². The van der Waals surface area contributed by atoms with E-state index >= 15 is 0 Å². The zero-order chi connectivity index (χ0) is 17.2. The van der Waals surface area contributed by atoms with Crippen molar-refractivity contribution in [2.24, 2.45) is 4.99 Å². The highest BCUT2D eigenvalue weighted by molar-refractivity contribution is 8.00. The number of nitrogens with one attached hydrogen (secondary N) is 2. The first-order chi connectivity index (χ1) is 11.7. The van der Waals surface area contributed by atoms with Crippen LogP contribution in [0.3, 0.4) is 0 Å². The number of carbonyl (C=O) groups excluding carboxylic acids is 1. The number of benzene rings is 1. The first kappa shape index (κ1) is 18.6. The molecule has 0 aliphatic carbocycles. The molecule has 0 radical (unpaired) electrons. The largest absolute Gasteiger partial charge is 0.357 e. The summed E-state index contributed by atoms with van der Waals surface area (Å²) in [5, 5.41) is 6.88. The van der Waals surface area contributed by atoms with Crippen LogP contribution < -0.4 is 10.6 Å². The fourth-order valence-corrected chi connectivity index (χ4v) is 3.76. The average molecular weight is 349 g/mol. The van der Waals surface area contributed by atoms with E-state index in [2.05, 4.69) is 34.4 Å². The van der Waals surface area contributed by atoms with Gasteiger partial charge in [0, 0.05) is 37.2 Å². The summed E-state index contributed by atoms with van der Waals surface area (Å²) in [6.07, 6.45) is 1.16. The van der Waals surface area contributed by atoms with Gasteiger partial charge in [0.25, 0.3) is 0 Å². The lowest BCUT2D eigenvalue weighted by Gasteiger charge is -2.34.